The zero-order valence-corrected chi connectivity index (χ0v) is 9.25. The number of fused-ring (bicyclic) bond motifs is 1. The molecule has 0 fully saturated rings. The molecule has 1 aromatic heterocycles. The van der Waals surface area contributed by atoms with Crippen molar-refractivity contribution in [2.24, 2.45) is 7.05 Å². The standard InChI is InChI=1S/C9H11N3O2S/c1-12-6-4-3-5-7(15(2,13)14)8(6)11-9(12)10/h3-5H,1-2H3,(H2,10,11). The minimum absolute atomic E-state index is 0.215. The Morgan fingerprint density at radius 1 is 1.40 bits per heavy atom. The van der Waals surface area contributed by atoms with Crippen molar-refractivity contribution in [3.8, 4) is 0 Å². The first-order chi connectivity index (χ1) is 6.91. The molecule has 1 heterocycles. The molecule has 0 atom stereocenters. The predicted molar refractivity (Wildman–Crippen MR) is 58.2 cm³/mol. The number of benzene rings is 1. The van der Waals surface area contributed by atoms with Crippen LogP contribution in [0.3, 0.4) is 0 Å². The Morgan fingerprint density at radius 2 is 2.07 bits per heavy atom. The highest BCUT2D eigenvalue weighted by molar-refractivity contribution is 7.91. The Balaban J connectivity index is 2.96. The van der Waals surface area contributed by atoms with Crippen LogP contribution < -0.4 is 5.73 Å². The van der Waals surface area contributed by atoms with E-state index in [0.29, 0.717) is 11.5 Å². The second kappa shape index (κ2) is 2.96. The van der Waals surface area contributed by atoms with Crippen LogP contribution >= 0.6 is 0 Å². The number of sulfone groups is 1. The summed E-state index contributed by atoms with van der Waals surface area (Å²) in [6.07, 6.45) is 1.16. The molecule has 0 aliphatic carbocycles. The van der Waals surface area contributed by atoms with Crippen LogP contribution in [0, 0.1) is 0 Å². The summed E-state index contributed by atoms with van der Waals surface area (Å²) in [6, 6.07) is 5.00. The molecule has 2 N–H and O–H groups in total. The van der Waals surface area contributed by atoms with Gasteiger partial charge in [0.05, 0.1) is 10.4 Å². The summed E-state index contributed by atoms with van der Waals surface area (Å²) in [5, 5.41) is 0. The van der Waals surface area contributed by atoms with E-state index in [2.05, 4.69) is 4.98 Å². The Morgan fingerprint density at radius 3 is 2.67 bits per heavy atom. The first-order valence-corrected chi connectivity index (χ1v) is 6.21. The summed E-state index contributed by atoms with van der Waals surface area (Å²) in [5.74, 6) is 0.307. The Kier molecular flexibility index (Phi) is 1.97. The normalized spacial score (nSPS) is 12.1. The lowest BCUT2D eigenvalue weighted by Crippen LogP contribution is -1.98. The van der Waals surface area contributed by atoms with Crippen molar-refractivity contribution in [2.45, 2.75) is 4.90 Å². The number of hydrogen-bond donors (Lipinski definition) is 1. The number of nitrogens with zero attached hydrogens (tertiary/aromatic N) is 2. The quantitative estimate of drug-likeness (QED) is 0.769. The van der Waals surface area contributed by atoms with Gasteiger partial charge in [-0.2, -0.15) is 0 Å². The number of aromatic nitrogens is 2. The fraction of sp³-hybridized carbons (Fsp3) is 0.222. The minimum atomic E-state index is -3.26. The maximum Gasteiger partial charge on any atom is 0.200 e. The van der Waals surface area contributed by atoms with E-state index < -0.39 is 9.84 Å². The maximum absolute atomic E-state index is 11.5. The maximum atomic E-state index is 11.5. The molecule has 2 aromatic rings. The largest absolute Gasteiger partial charge is 0.369 e. The number of imidazole rings is 1. The summed E-state index contributed by atoms with van der Waals surface area (Å²) in [5.41, 5.74) is 6.77. The van der Waals surface area contributed by atoms with Crippen LogP contribution in [0.2, 0.25) is 0 Å². The van der Waals surface area contributed by atoms with Crippen molar-refractivity contribution < 1.29 is 8.42 Å². The number of anilines is 1. The van der Waals surface area contributed by atoms with Gasteiger partial charge in [-0.1, -0.05) is 6.07 Å². The molecule has 0 bridgehead atoms. The van der Waals surface area contributed by atoms with Gasteiger partial charge in [-0.25, -0.2) is 13.4 Å². The van der Waals surface area contributed by atoms with E-state index in [1.807, 2.05) is 0 Å². The van der Waals surface area contributed by atoms with Crippen molar-refractivity contribution in [3.63, 3.8) is 0 Å². The molecule has 0 unspecified atom stereocenters. The smallest absolute Gasteiger partial charge is 0.200 e. The molecule has 0 amide bonds. The van der Waals surface area contributed by atoms with Crippen molar-refractivity contribution in [3.05, 3.63) is 18.2 Å². The highest BCUT2D eigenvalue weighted by Crippen LogP contribution is 2.23. The number of hydrogen-bond acceptors (Lipinski definition) is 4. The van der Waals surface area contributed by atoms with E-state index in [1.54, 1.807) is 23.7 Å². The highest BCUT2D eigenvalue weighted by atomic mass is 32.2. The second-order valence-electron chi connectivity index (χ2n) is 3.43. The average Bonchev–Trinajstić information content (AvgIpc) is 2.41. The fourth-order valence-corrected chi connectivity index (χ4v) is 2.33. The molecule has 0 radical (unpaired) electrons. The molecule has 0 aliphatic heterocycles. The Labute approximate surface area is 87.4 Å². The fourth-order valence-electron chi connectivity index (χ4n) is 1.51. The molecule has 5 nitrogen and oxygen atoms in total. The molecule has 0 spiro atoms. The molecular weight excluding hydrogens is 214 g/mol. The number of rotatable bonds is 1. The third kappa shape index (κ3) is 1.46. The number of aryl methyl sites for hydroxylation is 1. The van der Waals surface area contributed by atoms with Crippen molar-refractivity contribution in [1.29, 1.82) is 0 Å². The number of nitrogens with two attached hydrogens (primary N) is 1. The van der Waals surface area contributed by atoms with Gasteiger partial charge in [-0.15, -0.1) is 0 Å². The molecule has 0 saturated heterocycles. The van der Waals surface area contributed by atoms with E-state index in [9.17, 15) is 8.42 Å². The molecule has 2 rings (SSSR count). The van der Waals surface area contributed by atoms with Gasteiger partial charge >= 0.3 is 0 Å². The Bertz CT molecular complexity index is 628. The third-order valence-electron chi connectivity index (χ3n) is 2.31. The van der Waals surface area contributed by atoms with Crippen LogP contribution in [0.25, 0.3) is 11.0 Å². The van der Waals surface area contributed by atoms with E-state index in [0.717, 1.165) is 11.8 Å². The van der Waals surface area contributed by atoms with Gasteiger partial charge in [0.2, 0.25) is 5.95 Å². The molecular formula is C9H11N3O2S. The number of nitrogen functional groups attached to an aromatic ring is 1. The van der Waals surface area contributed by atoms with Crippen LogP contribution in [0.5, 0.6) is 0 Å². The van der Waals surface area contributed by atoms with Gasteiger partial charge in [0.1, 0.15) is 5.52 Å². The van der Waals surface area contributed by atoms with Crippen LogP contribution in [-0.2, 0) is 16.9 Å². The van der Waals surface area contributed by atoms with Crippen molar-refractivity contribution in [1.82, 2.24) is 9.55 Å². The first kappa shape index (κ1) is 9.97. The van der Waals surface area contributed by atoms with Crippen LogP contribution in [-0.4, -0.2) is 24.2 Å². The van der Waals surface area contributed by atoms with Gasteiger partial charge in [-0.3, -0.25) is 0 Å². The predicted octanol–water partition coefficient (Wildman–Crippen LogP) is 0.559. The zero-order valence-electron chi connectivity index (χ0n) is 8.43. The first-order valence-electron chi connectivity index (χ1n) is 4.32. The second-order valence-corrected chi connectivity index (χ2v) is 5.41. The van der Waals surface area contributed by atoms with E-state index >= 15 is 0 Å². The van der Waals surface area contributed by atoms with E-state index in [4.69, 9.17) is 5.73 Å². The molecule has 6 heteroatoms. The zero-order chi connectivity index (χ0) is 11.2. The van der Waals surface area contributed by atoms with Gasteiger partial charge < -0.3 is 10.3 Å². The third-order valence-corrected chi connectivity index (χ3v) is 3.44. The molecule has 15 heavy (non-hydrogen) atoms. The molecule has 1 aromatic carbocycles. The van der Waals surface area contributed by atoms with Crippen molar-refractivity contribution >= 4 is 26.8 Å². The van der Waals surface area contributed by atoms with Crippen LogP contribution in [0.4, 0.5) is 5.95 Å². The van der Waals surface area contributed by atoms with Gasteiger partial charge in [0, 0.05) is 13.3 Å². The summed E-state index contributed by atoms with van der Waals surface area (Å²) < 4.78 is 24.6. The summed E-state index contributed by atoms with van der Waals surface area (Å²) in [4.78, 5) is 4.26. The lowest BCUT2D eigenvalue weighted by molar-refractivity contribution is 0.602. The SMILES string of the molecule is Cn1c(N)nc2c(S(C)(=O)=O)cccc21. The number of para-hydroxylation sites is 1. The lowest BCUT2D eigenvalue weighted by Gasteiger charge is -1.99. The molecule has 0 saturated carbocycles. The Hall–Kier alpha value is -1.56. The van der Waals surface area contributed by atoms with E-state index in [-0.39, 0.29) is 4.90 Å². The summed E-state index contributed by atoms with van der Waals surface area (Å²) >= 11 is 0. The summed E-state index contributed by atoms with van der Waals surface area (Å²) in [7, 11) is -1.52. The topological polar surface area (TPSA) is 78.0 Å². The van der Waals surface area contributed by atoms with Gasteiger partial charge in [0.15, 0.2) is 9.84 Å². The van der Waals surface area contributed by atoms with Gasteiger partial charge in [0.25, 0.3) is 0 Å². The molecule has 0 aliphatic rings. The average molecular weight is 225 g/mol. The summed E-state index contributed by atoms with van der Waals surface area (Å²) in [6.45, 7) is 0. The lowest BCUT2D eigenvalue weighted by atomic mass is 10.3. The monoisotopic (exact) mass is 225 g/mol. The molecule has 80 valence electrons. The highest BCUT2D eigenvalue weighted by Gasteiger charge is 2.15. The minimum Gasteiger partial charge on any atom is -0.369 e. The van der Waals surface area contributed by atoms with Crippen LogP contribution in [0.1, 0.15) is 0 Å². The van der Waals surface area contributed by atoms with E-state index in [1.165, 1.54) is 6.07 Å². The van der Waals surface area contributed by atoms with Crippen LogP contribution in [0.15, 0.2) is 23.1 Å². The van der Waals surface area contributed by atoms with Crippen molar-refractivity contribution in [2.75, 3.05) is 12.0 Å². The van der Waals surface area contributed by atoms with Gasteiger partial charge in [-0.05, 0) is 12.1 Å².